The van der Waals surface area contributed by atoms with Gasteiger partial charge < -0.3 is 9.88 Å². The lowest BCUT2D eigenvalue weighted by Crippen LogP contribution is -2.25. The number of imidazole rings is 1. The number of fused-ring (bicyclic) bond motifs is 1. The fourth-order valence-electron chi connectivity index (χ4n) is 3.71. The second-order valence-electron chi connectivity index (χ2n) is 8.00. The molecule has 0 saturated heterocycles. The molecule has 0 fully saturated rings. The van der Waals surface area contributed by atoms with E-state index in [1.165, 1.54) is 24.0 Å². The zero-order chi connectivity index (χ0) is 23.1. The second-order valence-corrected chi connectivity index (χ2v) is 10.2. The highest BCUT2D eigenvalue weighted by atomic mass is 32.2. The number of benzene rings is 2. The number of amides is 1. The first-order valence-corrected chi connectivity index (χ1v) is 12.5. The number of nitrogens with zero attached hydrogens (tertiary/aromatic N) is 3. The molecule has 7 nitrogen and oxygen atoms in total. The van der Waals surface area contributed by atoms with Gasteiger partial charge in [0.2, 0.25) is 15.9 Å². The van der Waals surface area contributed by atoms with Crippen LogP contribution >= 0.6 is 0 Å². The van der Waals surface area contributed by atoms with Gasteiger partial charge in [-0.2, -0.15) is 0 Å². The van der Waals surface area contributed by atoms with Crippen molar-refractivity contribution >= 4 is 27.0 Å². The SMILES string of the molecule is CCn1c(CCC(=O)NCCCCc2ccccc2)nc2cc(S(=O)(=O)N(C)C)ccc21. The molecule has 172 valence electrons. The van der Waals surface area contributed by atoms with Crippen molar-refractivity contribution in [3.63, 3.8) is 0 Å². The predicted octanol–water partition coefficient (Wildman–Crippen LogP) is 3.38. The number of hydrogen-bond donors (Lipinski definition) is 1. The van der Waals surface area contributed by atoms with Gasteiger partial charge in [0, 0.05) is 40.0 Å². The largest absolute Gasteiger partial charge is 0.356 e. The summed E-state index contributed by atoms with van der Waals surface area (Å²) in [5.74, 6) is 0.802. The van der Waals surface area contributed by atoms with Gasteiger partial charge in [0.25, 0.3) is 0 Å². The molecule has 0 bridgehead atoms. The molecule has 0 aliphatic rings. The zero-order valence-electron chi connectivity index (χ0n) is 19.0. The molecule has 32 heavy (non-hydrogen) atoms. The summed E-state index contributed by atoms with van der Waals surface area (Å²) in [7, 11) is -0.498. The summed E-state index contributed by atoms with van der Waals surface area (Å²) in [4.78, 5) is 17.1. The maximum atomic E-state index is 12.4. The summed E-state index contributed by atoms with van der Waals surface area (Å²) in [6.07, 6.45) is 3.85. The molecule has 0 atom stereocenters. The molecule has 0 radical (unpaired) electrons. The Morgan fingerprint density at radius 1 is 1.06 bits per heavy atom. The lowest BCUT2D eigenvalue weighted by atomic mass is 10.1. The Balaban J connectivity index is 1.55. The summed E-state index contributed by atoms with van der Waals surface area (Å²) in [6.45, 7) is 3.39. The Morgan fingerprint density at radius 2 is 1.81 bits per heavy atom. The topological polar surface area (TPSA) is 84.3 Å². The second kappa shape index (κ2) is 10.7. The first kappa shape index (κ1) is 23.9. The van der Waals surface area contributed by atoms with Gasteiger partial charge in [0.15, 0.2) is 0 Å². The molecule has 3 rings (SSSR count). The molecule has 0 spiro atoms. The van der Waals surface area contributed by atoms with Gasteiger partial charge >= 0.3 is 0 Å². The van der Waals surface area contributed by atoms with Gasteiger partial charge in [0.05, 0.1) is 15.9 Å². The van der Waals surface area contributed by atoms with Crippen molar-refractivity contribution in [1.82, 2.24) is 19.2 Å². The Hall–Kier alpha value is -2.71. The van der Waals surface area contributed by atoms with Crippen LogP contribution in [-0.4, -0.2) is 48.8 Å². The van der Waals surface area contributed by atoms with E-state index in [0.717, 1.165) is 30.6 Å². The average molecular weight is 457 g/mol. The molecule has 0 aliphatic heterocycles. The van der Waals surface area contributed by atoms with Crippen LogP contribution in [0.4, 0.5) is 0 Å². The molecule has 3 aromatic rings. The smallest absolute Gasteiger partial charge is 0.242 e. The average Bonchev–Trinajstić information content (AvgIpc) is 3.14. The zero-order valence-corrected chi connectivity index (χ0v) is 19.9. The van der Waals surface area contributed by atoms with E-state index in [4.69, 9.17) is 0 Å². The van der Waals surface area contributed by atoms with Crippen molar-refractivity contribution in [3.8, 4) is 0 Å². The third-order valence-electron chi connectivity index (χ3n) is 5.53. The van der Waals surface area contributed by atoms with Gasteiger partial charge in [-0.3, -0.25) is 4.79 Å². The molecule has 1 heterocycles. The van der Waals surface area contributed by atoms with Crippen molar-refractivity contribution in [3.05, 3.63) is 59.9 Å². The fraction of sp³-hybridized carbons (Fsp3) is 0.417. The normalized spacial score (nSPS) is 11.9. The number of nitrogens with one attached hydrogen (secondary N) is 1. The lowest BCUT2D eigenvalue weighted by molar-refractivity contribution is -0.121. The van der Waals surface area contributed by atoms with Crippen LogP contribution in [0.25, 0.3) is 11.0 Å². The van der Waals surface area contributed by atoms with Gasteiger partial charge in [-0.25, -0.2) is 17.7 Å². The van der Waals surface area contributed by atoms with Crippen molar-refractivity contribution in [2.24, 2.45) is 0 Å². The van der Waals surface area contributed by atoms with E-state index in [0.29, 0.717) is 31.4 Å². The van der Waals surface area contributed by atoms with E-state index >= 15 is 0 Å². The number of hydrogen-bond acceptors (Lipinski definition) is 4. The molecule has 1 N–H and O–H groups in total. The van der Waals surface area contributed by atoms with Crippen LogP contribution in [0.15, 0.2) is 53.4 Å². The monoisotopic (exact) mass is 456 g/mol. The molecule has 8 heteroatoms. The van der Waals surface area contributed by atoms with Gasteiger partial charge in [-0.1, -0.05) is 30.3 Å². The van der Waals surface area contributed by atoms with Crippen LogP contribution in [0.1, 0.15) is 37.6 Å². The van der Waals surface area contributed by atoms with Gasteiger partial charge in [-0.15, -0.1) is 0 Å². The minimum Gasteiger partial charge on any atom is -0.356 e. The fourth-order valence-corrected chi connectivity index (χ4v) is 4.64. The van der Waals surface area contributed by atoms with E-state index in [2.05, 4.69) is 22.4 Å². The van der Waals surface area contributed by atoms with E-state index in [1.807, 2.05) is 29.7 Å². The van der Waals surface area contributed by atoms with Crippen LogP contribution in [0.3, 0.4) is 0 Å². The minimum absolute atomic E-state index is 0.00953. The Labute approximate surface area is 190 Å². The molecule has 1 aromatic heterocycles. The highest BCUT2D eigenvalue weighted by Crippen LogP contribution is 2.22. The predicted molar refractivity (Wildman–Crippen MR) is 127 cm³/mol. The van der Waals surface area contributed by atoms with Crippen LogP contribution in [0, 0.1) is 0 Å². The summed E-state index contributed by atoms with van der Waals surface area (Å²) in [6, 6.07) is 15.4. The summed E-state index contributed by atoms with van der Waals surface area (Å²) in [5, 5.41) is 2.99. The molecule has 1 amide bonds. The number of carbonyl (C=O) groups excluding carboxylic acids is 1. The lowest BCUT2D eigenvalue weighted by Gasteiger charge is -2.11. The molecular weight excluding hydrogens is 424 g/mol. The number of unbranched alkanes of at least 4 members (excludes halogenated alkanes) is 1. The molecule has 0 saturated carbocycles. The van der Waals surface area contributed by atoms with Crippen molar-refractivity contribution in [2.75, 3.05) is 20.6 Å². The third kappa shape index (κ3) is 5.75. The maximum absolute atomic E-state index is 12.4. The third-order valence-corrected chi connectivity index (χ3v) is 7.34. The summed E-state index contributed by atoms with van der Waals surface area (Å²) < 4.78 is 28.1. The molecule has 2 aromatic carbocycles. The van der Waals surface area contributed by atoms with Crippen LogP contribution in [0.2, 0.25) is 0 Å². The number of sulfonamides is 1. The highest BCUT2D eigenvalue weighted by Gasteiger charge is 2.19. The summed E-state index contributed by atoms with van der Waals surface area (Å²) >= 11 is 0. The van der Waals surface area contributed by atoms with E-state index in [-0.39, 0.29) is 10.8 Å². The molecule has 0 unspecified atom stereocenters. The van der Waals surface area contributed by atoms with Gasteiger partial charge in [-0.05, 0) is 49.9 Å². The maximum Gasteiger partial charge on any atom is 0.242 e. The number of rotatable bonds is 11. The minimum atomic E-state index is -3.52. The number of aromatic nitrogens is 2. The van der Waals surface area contributed by atoms with E-state index in [1.54, 1.807) is 18.2 Å². The van der Waals surface area contributed by atoms with Crippen LogP contribution < -0.4 is 5.32 Å². The van der Waals surface area contributed by atoms with Crippen LogP contribution in [-0.2, 0) is 34.2 Å². The number of carbonyl (C=O) groups is 1. The standard InChI is InChI=1S/C24H32N4O3S/c1-4-28-22-14-13-20(32(30,31)27(2)3)18-21(22)26-23(28)15-16-24(29)25-17-9-8-12-19-10-6-5-7-11-19/h5-7,10-11,13-14,18H,4,8-9,12,15-17H2,1-3H3,(H,25,29). The van der Waals surface area contributed by atoms with E-state index in [9.17, 15) is 13.2 Å². The van der Waals surface area contributed by atoms with E-state index < -0.39 is 10.0 Å². The summed E-state index contributed by atoms with van der Waals surface area (Å²) in [5.41, 5.74) is 2.83. The Kier molecular flexibility index (Phi) is 8.04. The quantitative estimate of drug-likeness (QED) is 0.448. The highest BCUT2D eigenvalue weighted by molar-refractivity contribution is 7.89. The van der Waals surface area contributed by atoms with Crippen molar-refractivity contribution in [1.29, 1.82) is 0 Å². The first-order valence-electron chi connectivity index (χ1n) is 11.0. The van der Waals surface area contributed by atoms with Crippen LogP contribution in [0.5, 0.6) is 0 Å². The number of aryl methyl sites for hydroxylation is 3. The molecular formula is C24H32N4O3S. The van der Waals surface area contributed by atoms with Crippen molar-refractivity contribution in [2.45, 2.75) is 50.5 Å². The first-order chi connectivity index (χ1) is 15.3. The molecule has 0 aliphatic carbocycles. The van der Waals surface area contributed by atoms with Gasteiger partial charge in [0.1, 0.15) is 5.82 Å². The Morgan fingerprint density at radius 3 is 2.50 bits per heavy atom. The Bertz CT molecular complexity index is 1150. The van der Waals surface area contributed by atoms with Crippen molar-refractivity contribution < 1.29 is 13.2 Å².